The Labute approximate surface area is 138 Å². The van der Waals surface area contributed by atoms with E-state index in [2.05, 4.69) is 41.1 Å². The van der Waals surface area contributed by atoms with Gasteiger partial charge in [0.1, 0.15) is 0 Å². The van der Waals surface area contributed by atoms with Crippen LogP contribution in [0.1, 0.15) is 37.6 Å². The zero-order valence-electron chi connectivity index (χ0n) is 14.5. The number of rotatable bonds is 9. The van der Waals surface area contributed by atoms with Crippen molar-refractivity contribution in [1.82, 2.24) is 15.1 Å². The molecule has 1 aromatic heterocycles. The third-order valence-electron chi connectivity index (χ3n) is 4.11. The quantitative estimate of drug-likeness (QED) is 0.722. The first-order chi connectivity index (χ1) is 11.2. The molecule has 1 heterocycles. The summed E-state index contributed by atoms with van der Waals surface area (Å²) in [7, 11) is 3.31. The summed E-state index contributed by atoms with van der Waals surface area (Å²) in [4.78, 5) is 0. The summed E-state index contributed by atoms with van der Waals surface area (Å²) in [6.07, 6.45) is 3.90. The largest absolute Gasteiger partial charge is 0.493 e. The molecule has 5 nitrogen and oxygen atoms in total. The second-order valence-corrected chi connectivity index (χ2v) is 5.64. The molecule has 5 heteroatoms. The maximum absolute atomic E-state index is 5.34. The normalized spacial score (nSPS) is 12.2. The van der Waals surface area contributed by atoms with Crippen LogP contribution >= 0.6 is 0 Å². The molecule has 0 saturated heterocycles. The van der Waals surface area contributed by atoms with E-state index in [1.807, 2.05) is 18.3 Å². The van der Waals surface area contributed by atoms with Crippen LogP contribution in [0.4, 0.5) is 0 Å². The zero-order chi connectivity index (χ0) is 16.7. The number of ether oxygens (including phenoxy) is 2. The van der Waals surface area contributed by atoms with Gasteiger partial charge in [-0.05, 0) is 50.1 Å². The van der Waals surface area contributed by atoms with Crippen molar-refractivity contribution in [1.29, 1.82) is 0 Å². The fraction of sp³-hybridized carbons (Fsp3) is 0.500. The van der Waals surface area contributed by atoms with Crippen LogP contribution in [0.3, 0.4) is 0 Å². The van der Waals surface area contributed by atoms with Gasteiger partial charge in [0.25, 0.3) is 0 Å². The van der Waals surface area contributed by atoms with Crippen LogP contribution in [0, 0.1) is 0 Å². The third-order valence-corrected chi connectivity index (χ3v) is 4.11. The van der Waals surface area contributed by atoms with Crippen molar-refractivity contribution in [2.75, 3.05) is 20.8 Å². The summed E-state index contributed by atoms with van der Waals surface area (Å²) in [5.41, 5.74) is 2.46. The van der Waals surface area contributed by atoms with E-state index in [0.717, 1.165) is 37.4 Å². The van der Waals surface area contributed by atoms with Gasteiger partial charge < -0.3 is 14.8 Å². The van der Waals surface area contributed by atoms with Crippen molar-refractivity contribution in [2.45, 2.75) is 39.3 Å². The maximum atomic E-state index is 5.34. The smallest absolute Gasteiger partial charge is 0.160 e. The lowest BCUT2D eigenvalue weighted by molar-refractivity contribution is 0.354. The number of hydrogen-bond acceptors (Lipinski definition) is 4. The van der Waals surface area contributed by atoms with Crippen LogP contribution in [0.15, 0.2) is 30.5 Å². The van der Waals surface area contributed by atoms with Crippen molar-refractivity contribution in [3.05, 3.63) is 41.7 Å². The fourth-order valence-corrected chi connectivity index (χ4v) is 2.54. The molecule has 0 amide bonds. The van der Waals surface area contributed by atoms with E-state index in [4.69, 9.17) is 9.47 Å². The molecule has 1 N–H and O–H groups in total. The average Bonchev–Trinajstić information content (AvgIpc) is 3.06. The number of nitrogens with one attached hydrogen (secondary N) is 1. The van der Waals surface area contributed by atoms with E-state index in [1.165, 1.54) is 11.3 Å². The van der Waals surface area contributed by atoms with Gasteiger partial charge in [-0.25, -0.2) is 0 Å². The molecule has 1 aromatic carbocycles. The number of aromatic nitrogens is 2. The van der Waals surface area contributed by atoms with Gasteiger partial charge in [-0.2, -0.15) is 5.10 Å². The molecular weight excluding hydrogens is 290 g/mol. The molecule has 0 bridgehead atoms. The monoisotopic (exact) mass is 317 g/mol. The Kier molecular flexibility index (Phi) is 6.47. The maximum Gasteiger partial charge on any atom is 0.160 e. The van der Waals surface area contributed by atoms with Crippen molar-refractivity contribution < 1.29 is 9.47 Å². The molecule has 0 unspecified atom stereocenters. The number of benzene rings is 1. The molecule has 0 aliphatic heterocycles. The molecule has 23 heavy (non-hydrogen) atoms. The minimum absolute atomic E-state index is 0.438. The van der Waals surface area contributed by atoms with Gasteiger partial charge >= 0.3 is 0 Å². The number of hydrogen-bond donors (Lipinski definition) is 1. The SMILES string of the molecule is CC[C@@H](C)n1nccc1CNCCc1ccc(OC)c(OC)c1. The third kappa shape index (κ3) is 4.48. The highest BCUT2D eigenvalue weighted by Crippen LogP contribution is 2.27. The minimum atomic E-state index is 0.438. The van der Waals surface area contributed by atoms with Crippen molar-refractivity contribution in [3.63, 3.8) is 0 Å². The number of methoxy groups -OCH3 is 2. The van der Waals surface area contributed by atoms with Crippen LogP contribution in [-0.4, -0.2) is 30.5 Å². The molecule has 1 atom stereocenters. The van der Waals surface area contributed by atoms with Gasteiger partial charge in [0.05, 0.1) is 19.9 Å². The van der Waals surface area contributed by atoms with Gasteiger partial charge in [-0.3, -0.25) is 4.68 Å². The van der Waals surface area contributed by atoms with Gasteiger partial charge in [0.2, 0.25) is 0 Å². The van der Waals surface area contributed by atoms with Crippen LogP contribution in [0.25, 0.3) is 0 Å². The Morgan fingerprint density at radius 2 is 1.96 bits per heavy atom. The average molecular weight is 317 g/mol. The molecule has 0 radical (unpaired) electrons. The molecule has 0 saturated carbocycles. The van der Waals surface area contributed by atoms with E-state index < -0.39 is 0 Å². The van der Waals surface area contributed by atoms with Gasteiger partial charge in [-0.15, -0.1) is 0 Å². The first kappa shape index (κ1) is 17.3. The van der Waals surface area contributed by atoms with Gasteiger partial charge in [0, 0.05) is 18.8 Å². The summed E-state index contributed by atoms with van der Waals surface area (Å²) in [5, 5.41) is 7.90. The van der Waals surface area contributed by atoms with Crippen molar-refractivity contribution in [3.8, 4) is 11.5 Å². The van der Waals surface area contributed by atoms with E-state index in [0.29, 0.717) is 6.04 Å². The van der Waals surface area contributed by atoms with Gasteiger partial charge in [0.15, 0.2) is 11.5 Å². The van der Waals surface area contributed by atoms with E-state index in [9.17, 15) is 0 Å². The summed E-state index contributed by atoms with van der Waals surface area (Å²) in [6.45, 7) is 6.11. The lowest BCUT2D eigenvalue weighted by atomic mass is 10.1. The Morgan fingerprint density at radius 3 is 2.65 bits per heavy atom. The predicted octanol–water partition coefficient (Wildman–Crippen LogP) is 3.20. The highest BCUT2D eigenvalue weighted by molar-refractivity contribution is 5.42. The molecule has 126 valence electrons. The number of nitrogens with zero attached hydrogens (tertiary/aromatic N) is 2. The lowest BCUT2D eigenvalue weighted by Crippen LogP contribution is -2.20. The standard InChI is InChI=1S/C18H27N3O2/c1-5-14(2)21-16(9-11-20-21)13-19-10-8-15-6-7-17(22-3)18(12-15)23-4/h6-7,9,11-12,14,19H,5,8,10,13H2,1-4H3/t14-/m1/s1. The van der Waals surface area contributed by atoms with Crippen molar-refractivity contribution in [2.24, 2.45) is 0 Å². The van der Waals surface area contributed by atoms with E-state index in [1.54, 1.807) is 14.2 Å². The Hall–Kier alpha value is -2.01. The lowest BCUT2D eigenvalue weighted by Gasteiger charge is -2.14. The molecule has 2 rings (SSSR count). The van der Waals surface area contributed by atoms with Crippen LogP contribution in [0.5, 0.6) is 11.5 Å². The molecule has 0 spiro atoms. The van der Waals surface area contributed by atoms with E-state index in [-0.39, 0.29) is 0 Å². The molecule has 0 fully saturated rings. The highest BCUT2D eigenvalue weighted by Gasteiger charge is 2.08. The molecule has 2 aromatic rings. The summed E-state index contributed by atoms with van der Waals surface area (Å²) in [6, 6.07) is 8.57. The fourth-order valence-electron chi connectivity index (χ4n) is 2.54. The van der Waals surface area contributed by atoms with Gasteiger partial charge in [-0.1, -0.05) is 13.0 Å². The Balaban J connectivity index is 1.85. The highest BCUT2D eigenvalue weighted by atomic mass is 16.5. The Bertz CT molecular complexity index is 610. The topological polar surface area (TPSA) is 48.3 Å². The molecular formula is C18H27N3O2. The predicted molar refractivity (Wildman–Crippen MR) is 92.2 cm³/mol. The minimum Gasteiger partial charge on any atom is -0.493 e. The van der Waals surface area contributed by atoms with Crippen LogP contribution < -0.4 is 14.8 Å². The first-order valence-electron chi connectivity index (χ1n) is 8.13. The summed E-state index contributed by atoms with van der Waals surface area (Å²) >= 11 is 0. The molecule has 0 aliphatic rings. The van der Waals surface area contributed by atoms with E-state index >= 15 is 0 Å². The van der Waals surface area contributed by atoms with Crippen LogP contribution in [-0.2, 0) is 13.0 Å². The second-order valence-electron chi connectivity index (χ2n) is 5.64. The van der Waals surface area contributed by atoms with Crippen LogP contribution in [0.2, 0.25) is 0 Å². The molecule has 0 aliphatic carbocycles. The first-order valence-corrected chi connectivity index (χ1v) is 8.13. The Morgan fingerprint density at radius 1 is 1.17 bits per heavy atom. The zero-order valence-corrected chi connectivity index (χ0v) is 14.5. The summed E-state index contributed by atoms with van der Waals surface area (Å²) < 4.78 is 12.7. The second kappa shape index (κ2) is 8.58. The van der Waals surface area contributed by atoms with Crippen molar-refractivity contribution >= 4 is 0 Å². The summed E-state index contributed by atoms with van der Waals surface area (Å²) in [5.74, 6) is 1.54.